The number of carbonyl (C=O) groups excluding carboxylic acids is 1. The SMILES string of the molecule is Cc1ccccc1-n1c(-c2ccc(Cl)cc2)ccc1-c1ccc(C(=O)N2CCN(C)CC2)cc1. The number of likely N-dealkylation sites (N-methyl/N-ethyl adjacent to an activating group) is 1. The molecule has 4 aromatic rings. The fourth-order valence-corrected chi connectivity index (χ4v) is 4.68. The van der Waals surface area contributed by atoms with Crippen LogP contribution in [0.2, 0.25) is 5.02 Å². The van der Waals surface area contributed by atoms with Crippen molar-refractivity contribution in [2.75, 3.05) is 33.2 Å². The van der Waals surface area contributed by atoms with Crippen molar-refractivity contribution in [3.63, 3.8) is 0 Å². The monoisotopic (exact) mass is 469 g/mol. The first kappa shape index (κ1) is 22.5. The summed E-state index contributed by atoms with van der Waals surface area (Å²) in [6, 6.07) is 28.6. The molecule has 1 aliphatic rings. The first-order valence-corrected chi connectivity index (χ1v) is 12.0. The van der Waals surface area contributed by atoms with Gasteiger partial charge in [-0.25, -0.2) is 0 Å². The van der Waals surface area contributed by atoms with Crippen LogP contribution >= 0.6 is 11.6 Å². The van der Waals surface area contributed by atoms with Crippen LogP contribution in [0.1, 0.15) is 15.9 Å². The van der Waals surface area contributed by atoms with Crippen LogP contribution in [0.3, 0.4) is 0 Å². The standard InChI is InChI=1S/C29H28ClN3O/c1-21-5-3-4-6-26(21)33-27(15-16-28(33)23-11-13-25(30)14-12-23)22-7-9-24(10-8-22)29(34)32-19-17-31(2)18-20-32/h3-16H,17-20H2,1-2H3. The van der Waals surface area contributed by atoms with Crippen molar-refractivity contribution in [2.24, 2.45) is 0 Å². The van der Waals surface area contributed by atoms with E-state index < -0.39 is 0 Å². The molecule has 4 nitrogen and oxygen atoms in total. The molecule has 0 radical (unpaired) electrons. The van der Waals surface area contributed by atoms with E-state index in [9.17, 15) is 4.79 Å². The lowest BCUT2D eigenvalue weighted by atomic mass is 10.1. The Morgan fingerprint density at radius 3 is 1.88 bits per heavy atom. The van der Waals surface area contributed by atoms with Gasteiger partial charge in [0.1, 0.15) is 0 Å². The summed E-state index contributed by atoms with van der Waals surface area (Å²) in [5.41, 5.74) is 7.40. The smallest absolute Gasteiger partial charge is 0.253 e. The van der Waals surface area contributed by atoms with E-state index in [1.54, 1.807) is 0 Å². The van der Waals surface area contributed by atoms with Crippen LogP contribution in [0.15, 0.2) is 84.9 Å². The van der Waals surface area contributed by atoms with Crippen molar-refractivity contribution >= 4 is 17.5 Å². The quantitative estimate of drug-likeness (QED) is 0.358. The first-order valence-electron chi connectivity index (χ1n) is 11.6. The largest absolute Gasteiger partial charge is 0.336 e. The van der Waals surface area contributed by atoms with E-state index in [0.717, 1.165) is 65.0 Å². The second kappa shape index (κ2) is 9.49. The van der Waals surface area contributed by atoms with Gasteiger partial charge in [0.15, 0.2) is 0 Å². The van der Waals surface area contributed by atoms with E-state index in [4.69, 9.17) is 11.6 Å². The Balaban J connectivity index is 1.53. The molecule has 34 heavy (non-hydrogen) atoms. The number of amides is 1. The number of aryl methyl sites for hydroxylation is 1. The summed E-state index contributed by atoms with van der Waals surface area (Å²) in [7, 11) is 2.10. The molecule has 0 aliphatic carbocycles. The zero-order valence-electron chi connectivity index (χ0n) is 19.5. The number of hydrogen-bond donors (Lipinski definition) is 0. The summed E-state index contributed by atoms with van der Waals surface area (Å²) in [5, 5.41) is 0.721. The predicted molar refractivity (Wildman–Crippen MR) is 140 cm³/mol. The van der Waals surface area contributed by atoms with Gasteiger partial charge in [0.05, 0.1) is 11.4 Å². The third-order valence-electron chi connectivity index (χ3n) is 6.60. The van der Waals surface area contributed by atoms with Crippen molar-refractivity contribution in [1.82, 2.24) is 14.4 Å². The number of para-hydroxylation sites is 1. The highest BCUT2D eigenvalue weighted by Crippen LogP contribution is 2.34. The van der Waals surface area contributed by atoms with E-state index in [1.165, 1.54) is 5.56 Å². The lowest BCUT2D eigenvalue weighted by molar-refractivity contribution is 0.0664. The van der Waals surface area contributed by atoms with Crippen LogP contribution in [-0.4, -0.2) is 53.5 Å². The maximum absolute atomic E-state index is 13.0. The molecule has 172 valence electrons. The predicted octanol–water partition coefficient (Wildman–Crippen LogP) is 6.16. The zero-order chi connectivity index (χ0) is 23.7. The number of nitrogens with zero attached hydrogens (tertiary/aromatic N) is 3. The first-order chi connectivity index (χ1) is 16.5. The number of benzene rings is 3. The minimum atomic E-state index is 0.107. The Bertz CT molecular complexity index is 1300. The van der Waals surface area contributed by atoms with Gasteiger partial charge in [-0.2, -0.15) is 0 Å². The summed E-state index contributed by atoms with van der Waals surface area (Å²) in [6.45, 7) is 5.51. The third-order valence-corrected chi connectivity index (χ3v) is 6.85. The van der Waals surface area contributed by atoms with Crippen molar-refractivity contribution < 1.29 is 4.79 Å². The van der Waals surface area contributed by atoms with Crippen molar-refractivity contribution in [3.8, 4) is 28.2 Å². The second-order valence-corrected chi connectivity index (χ2v) is 9.34. The molecule has 2 heterocycles. The molecule has 3 aromatic carbocycles. The van der Waals surface area contributed by atoms with Crippen LogP contribution in [0, 0.1) is 6.92 Å². The van der Waals surface area contributed by atoms with E-state index in [-0.39, 0.29) is 5.91 Å². The zero-order valence-corrected chi connectivity index (χ0v) is 20.3. The second-order valence-electron chi connectivity index (χ2n) is 8.91. The molecule has 0 saturated carbocycles. The number of aromatic nitrogens is 1. The number of hydrogen-bond acceptors (Lipinski definition) is 2. The normalized spacial score (nSPS) is 14.4. The van der Waals surface area contributed by atoms with E-state index >= 15 is 0 Å². The van der Waals surface area contributed by atoms with Crippen LogP contribution in [0.25, 0.3) is 28.2 Å². The lowest BCUT2D eigenvalue weighted by Gasteiger charge is -2.32. The van der Waals surface area contributed by atoms with E-state index in [2.05, 4.69) is 72.0 Å². The summed E-state index contributed by atoms with van der Waals surface area (Å²) in [4.78, 5) is 17.2. The van der Waals surface area contributed by atoms with Crippen molar-refractivity contribution in [3.05, 3.63) is 101 Å². The number of carbonyl (C=O) groups is 1. The summed E-state index contributed by atoms with van der Waals surface area (Å²) in [5.74, 6) is 0.107. The van der Waals surface area contributed by atoms with Gasteiger partial charge in [-0.1, -0.05) is 54.1 Å². The fourth-order valence-electron chi connectivity index (χ4n) is 4.56. The van der Waals surface area contributed by atoms with Crippen LogP contribution in [0.5, 0.6) is 0 Å². The Morgan fingerprint density at radius 1 is 0.735 bits per heavy atom. The molecule has 1 saturated heterocycles. The molecule has 0 unspecified atom stereocenters. The summed E-state index contributed by atoms with van der Waals surface area (Å²) in [6.07, 6.45) is 0. The Kier molecular flexibility index (Phi) is 6.27. The maximum Gasteiger partial charge on any atom is 0.253 e. The highest BCUT2D eigenvalue weighted by molar-refractivity contribution is 6.30. The van der Waals surface area contributed by atoms with Gasteiger partial charge in [0.25, 0.3) is 5.91 Å². The Morgan fingerprint density at radius 2 is 1.29 bits per heavy atom. The minimum Gasteiger partial charge on any atom is -0.336 e. The molecule has 5 heteroatoms. The Labute approximate surface area is 206 Å². The van der Waals surface area contributed by atoms with Gasteiger partial charge in [-0.15, -0.1) is 0 Å². The third kappa shape index (κ3) is 4.39. The fraction of sp³-hybridized carbons (Fsp3) is 0.207. The van der Waals surface area contributed by atoms with Gasteiger partial charge in [-0.05, 0) is 73.1 Å². The molecule has 1 fully saturated rings. The molecule has 1 aromatic heterocycles. The minimum absolute atomic E-state index is 0.107. The van der Waals surface area contributed by atoms with Crippen LogP contribution < -0.4 is 0 Å². The molecule has 1 amide bonds. The average molecular weight is 470 g/mol. The summed E-state index contributed by atoms with van der Waals surface area (Å²) < 4.78 is 2.29. The number of rotatable bonds is 4. The molecular formula is C29H28ClN3O. The highest BCUT2D eigenvalue weighted by Gasteiger charge is 2.21. The lowest BCUT2D eigenvalue weighted by Crippen LogP contribution is -2.47. The van der Waals surface area contributed by atoms with Crippen molar-refractivity contribution in [1.29, 1.82) is 0 Å². The highest BCUT2D eigenvalue weighted by atomic mass is 35.5. The van der Waals surface area contributed by atoms with Crippen LogP contribution in [0.4, 0.5) is 0 Å². The van der Waals surface area contributed by atoms with E-state index in [0.29, 0.717) is 0 Å². The Hall–Kier alpha value is -3.34. The molecular weight excluding hydrogens is 442 g/mol. The topological polar surface area (TPSA) is 28.5 Å². The van der Waals surface area contributed by atoms with Gasteiger partial charge in [0, 0.05) is 42.5 Å². The van der Waals surface area contributed by atoms with Gasteiger partial charge in [-0.3, -0.25) is 4.79 Å². The number of halogens is 1. The van der Waals surface area contributed by atoms with Crippen LogP contribution in [-0.2, 0) is 0 Å². The molecule has 1 aliphatic heterocycles. The van der Waals surface area contributed by atoms with Crippen molar-refractivity contribution in [2.45, 2.75) is 6.92 Å². The molecule has 0 N–H and O–H groups in total. The molecule has 0 spiro atoms. The molecule has 5 rings (SSSR count). The van der Waals surface area contributed by atoms with Gasteiger partial charge >= 0.3 is 0 Å². The van der Waals surface area contributed by atoms with Gasteiger partial charge in [0.2, 0.25) is 0 Å². The molecule has 0 bridgehead atoms. The maximum atomic E-state index is 13.0. The summed E-state index contributed by atoms with van der Waals surface area (Å²) >= 11 is 6.15. The average Bonchev–Trinajstić information content (AvgIpc) is 3.30. The molecule has 0 atom stereocenters. The number of piperazine rings is 1. The van der Waals surface area contributed by atoms with E-state index in [1.807, 2.05) is 41.3 Å². The van der Waals surface area contributed by atoms with Gasteiger partial charge < -0.3 is 14.4 Å².